The monoisotopic (exact) mass is 1030 g/mol. The molecule has 3 rings (SSSR count). The minimum Gasteiger partial charge on any atom is -0.286 e. The average Bonchev–Trinajstić information content (AvgIpc) is 3.97. The molecule has 13 nitrogen and oxygen atoms in total. The Morgan fingerprint density at radius 3 is 1.00 bits per heavy atom. The lowest BCUT2D eigenvalue weighted by Crippen LogP contribution is -2.61. The summed E-state index contributed by atoms with van der Waals surface area (Å²) in [6.45, 7) is 9.90. The number of hydrogen-bond donors (Lipinski definition) is 0. The van der Waals surface area contributed by atoms with Gasteiger partial charge in [-0.3, -0.25) is 43.4 Å². The second-order valence-corrected chi connectivity index (χ2v) is 30.6. The molecule has 0 bridgehead atoms. The van der Waals surface area contributed by atoms with Crippen LogP contribution in [0.4, 0.5) is 0 Å². The van der Waals surface area contributed by atoms with Gasteiger partial charge in [0.1, 0.15) is 17.0 Å². The molecule has 3 heterocycles. The molecule has 0 amide bonds. The van der Waals surface area contributed by atoms with Gasteiger partial charge in [0.25, 0.3) is 0 Å². The molecule has 0 spiro atoms. The van der Waals surface area contributed by atoms with E-state index >= 15 is 4.57 Å². The molecule has 3 aliphatic heterocycles. The Morgan fingerprint density at radius 2 is 0.676 bits per heavy atom. The highest BCUT2D eigenvalue weighted by molar-refractivity contribution is 7.78. The van der Waals surface area contributed by atoms with E-state index in [2.05, 4.69) is 170 Å². The Kier molecular flexibility index (Phi) is 27.5. The van der Waals surface area contributed by atoms with Crippen LogP contribution in [0.5, 0.6) is 0 Å². The van der Waals surface area contributed by atoms with Crippen molar-refractivity contribution in [2.24, 2.45) is 14.3 Å². The first kappa shape index (κ1) is 62.5. The average molecular weight is 1030 g/mol. The van der Waals surface area contributed by atoms with Gasteiger partial charge in [0.05, 0.1) is 16.4 Å². The van der Waals surface area contributed by atoms with Crippen molar-refractivity contribution >= 4 is 48.2 Å². The third-order valence-electron chi connectivity index (χ3n) is 15.6. The van der Waals surface area contributed by atoms with Crippen LogP contribution in [0.3, 0.4) is 0 Å². The van der Waals surface area contributed by atoms with Crippen molar-refractivity contribution in [3.8, 4) is 0 Å². The summed E-state index contributed by atoms with van der Waals surface area (Å²) in [6.07, 6.45) is 28.5. The van der Waals surface area contributed by atoms with Crippen LogP contribution in [0.2, 0.25) is 0 Å². The van der Waals surface area contributed by atoms with E-state index in [1.54, 1.807) is 0 Å². The molecule has 0 radical (unpaired) electrons. The molecule has 3 saturated heterocycles. The minimum atomic E-state index is -4.14. The van der Waals surface area contributed by atoms with E-state index in [0.717, 1.165) is 86.6 Å². The smallest absolute Gasteiger partial charge is 0.286 e. The highest BCUT2D eigenvalue weighted by atomic mass is 31.2. The topological polar surface area (TPSA) is 83.3 Å². The molecule has 0 aromatic heterocycles. The van der Waals surface area contributed by atoms with Gasteiger partial charge < -0.3 is 0 Å². The minimum absolute atomic E-state index is 0.492. The van der Waals surface area contributed by atoms with Gasteiger partial charge in [0, 0.05) is 30.8 Å². The van der Waals surface area contributed by atoms with E-state index in [1.165, 1.54) is 103 Å². The first-order chi connectivity index (χ1) is 32.2. The number of rotatable bonds is 33. The molecule has 398 valence electrons. The fourth-order valence-electron chi connectivity index (χ4n) is 11.4. The van der Waals surface area contributed by atoms with Crippen molar-refractivity contribution in [3.05, 3.63) is 0 Å². The highest BCUT2D eigenvalue weighted by Crippen LogP contribution is 2.67. The summed E-state index contributed by atoms with van der Waals surface area (Å²) in [5.41, 5.74) is 1.57. The summed E-state index contributed by atoms with van der Waals surface area (Å²) < 4.78 is 42.3. The molecule has 3 atom stereocenters. The maximum Gasteiger partial charge on any atom is 0.416 e. The van der Waals surface area contributed by atoms with Gasteiger partial charge in [-0.2, -0.15) is 14.3 Å². The third-order valence-corrected chi connectivity index (χ3v) is 25.2. The zero-order valence-corrected chi connectivity index (χ0v) is 51.2. The van der Waals surface area contributed by atoms with Crippen molar-refractivity contribution < 1.29 is 4.57 Å². The third kappa shape index (κ3) is 15.4. The Hall–Kier alpha value is 0.170. The maximum atomic E-state index is 17.4. The molecule has 0 aromatic rings. The van der Waals surface area contributed by atoms with Crippen LogP contribution in [-0.2, 0) is 4.57 Å². The summed E-state index contributed by atoms with van der Waals surface area (Å²) in [5.74, 6) is 0. The SMILES string of the molecule is CCCCCCCCN(C)P1CCC(N(C)CCCCCCCC)(N(C)CCCCCCCC)C1=NP(=O)(N=C1P(N(C)C)CCC1(N(C)C)N(C)C)N=C1P(N(C)C)CCC1(N(C)C)N(C)C. The molecular formula is C51H108N12OP4. The molecule has 3 aliphatic rings. The molecule has 68 heavy (non-hydrogen) atoms. The van der Waals surface area contributed by atoms with Crippen LogP contribution in [-0.4, -0.2) is 221 Å². The van der Waals surface area contributed by atoms with Crippen LogP contribution in [0.15, 0.2) is 14.3 Å². The first-order valence-corrected chi connectivity index (χ1v) is 33.1. The lowest BCUT2D eigenvalue weighted by molar-refractivity contribution is 0.0301. The van der Waals surface area contributed by atoms with E-state index in [4.69, 9.17) is 14.3 Å². The predicted octanol–water partition coefficient (Wildman–Crippen LogP) is 12.0. The van der Waals surface area contributed by atoms with Crippen LogP contribution in [0, 0.1) is 0 Å². The van der Waals surface area contributed by atoms with Gasteiger partial charge >= 0.3 is 7.59 Å². The summed E-state index contributed by atoms with van der Waals surface area (Å²) in [4.78, 5) is 14.6. The molecule has 0 aromatic carbocycles. The second-order valence-electron chi connectivity index (χ2n) is 21.7. The molecule has 0 N–H and O–H groups in total. The van der Waals surface area contributed by atoms with Crippen LogP contribution >= 0.6 is 31.8 Å². The number of hydrogen-bond acceptors (Lipinski definition) is 10. The van der Waals surface area contributed by atoms with E-state index in [1.807, 2.05) is 0 Å². The van der Waals surface area contributed by atoms with Gasteiger partial charge in [0.2, 0.25) is 0 Å². The van der Waals surface area contributed by atoms with E-state index in [9.17, 15) is 0 Å². The summed E-state index contributed by atoms with van der Waals surface area (Å²) in [5, 5.41) is 0. The summed E-state index contributed by atoms with van der Waals surface area (Å²) in [6, 6.07) is 0. The lowest BCUT2D eigenvalue weighted by Gasteiger charge is -2.47. The molecule has 0 aliphatic carbocycles. The van der Waals surface area contributed by atoms with E-state index in [-0.39, 0.29) is 0 Å². The molecule has 3 fully saturated rings. The van der Waals surface area contributed by atoms with Gasteiger partial charge in [-0.15, -0.1) is 0 Å². The van der Waals surface area contributed by atoms with Crippen LogP contribution in [0.25, 0.3) is 0 Å². The first-order valence-electron chi connectivity index (χ1n) is 27.1. The second kappa shape index (κ2) is 29.9. The lowest BCUT2D eigenvalue weighted by atomic mass is 10.0. The van der Waals surface area contributed by atoms with Crippen molar-refractivity contribution in [1.82, 2.24) is 43.4 Å². The fourth-order valence-corrected chi connectivity index (χ4v) is 22.6. The van der Waals surface area contributed by atoms with Crippen molar-refractivity contribution in [2.45, 2.75) is 173 Å². The van der Waals surface area contributed by atoms with Gasteiger partial charge in [-0.1, -0.05) is 117 Å². The van der Waals surface area contributed by atoms with Crippen molar-refractivity contribution in [3.63, 3.8) is 0 Å². The molecule has 0 saturated carbocycles. The fraction of sp³-hybridized carbons (Fsp3) is 0.941. The van der Waals surface area contributed by atoms with Crippen LogP contribution in [0.1, 0.15) is 156 Å². The normalized spacial score (nSPS) is 24.5. The summed E-state index contributed by atoms with van der Waals surface area (Å²) >= 11 is 0. The van der Waals surface area contributed by atoms with E-state index in [0.29, 0.717) is 0 Å². The quantitative estimate of drug-likeness (QED) is 0.0360. The Bertz CT molecular complexity index is 1510. The number of unbranched alkanes of at least 4 members (excludes halogenated alkanes) is 15. The summed E-state index contributed by atoms with van der Waals surface area (Å²) in [7, 11) is 26.4. The zero-order chi connectivity index (χ0) is 50.9. The van der Waals surface area contributed by atoms with E-state index < -0.39 is 48.8 Å². The van der Waals surface area contributed by atoms with Crippen molar-refractivity contribution in [1.29, 1.82) is 0 Å². The highest BCUT2D eigenvalue weighted by Gasteiger charge is 2.57. The number of nitrogens with zero attached hydrogens (tertiary/aromatic N) is 12. The van der Waals surface area contributed by atoms with Gasteiger partial charge in [-0.05, 0) is 176 Å². The standard InChI is InChI=1S/C51H108N12OP4/c1-19-22-25-28-31-34-40-61(16)51(62(17)41-35-32-29-26-23-20-2)39-45-67(63(18)42-36-33-30-27-24-21-3)48(51)54-68(64,52-46-49(55(4)5,56(6)7)37-43-65(46)59(12)13)53-47-50(57(8)9,58(10)11)38-44-66(47)60(14)15/h19-45H2,1-18H3. The largest absolute Gasteiger partial charge is 0.416 e. The maximum absolute atomic E-state index is 17.4. The Balaban J connectivity index is 2.53. The Morgan fingerprint density at radius 1 is 0.397 bits per heavy atom. The molecular weight excluding hydrogens is 921 g/mol. The van der Waals surface area contributed by atoms with Crippen LogP contribution < -0.4 is 0 Å². The van der Waals surface area contributed by atoms with Crippen molar-refractivity contribution in [2.75, 3.05) is 144 Å². The molecule has 17 heteroatoms. The van der Waals surface area contributed by atoms with Gasteiger partial charge in [0.15, 0.2) is 0 Å². The predicted molar refractivity (Wildman–Crippen MR) is 307 cm³/mol. The van der Waals surface area contributed by atoms with Gasteiger partial charge in [-0.25, -0.2) is 4.57 Å². The zero-order valence-electron chi connectivity index (χ0n) is 47.7. The Labute approximate surface area is 425 Å². The molecule has 3 unspecified atom stereocenters.